The fourth-order valence-corrected chi connectivity index (χ4v) is 2.53. The molecule has 0 bridgehead atoms. The minimum atomic E-state index is 0. The van der Waals surface area contributed by atoms with Crippen molar-refractivity contribution in [2.75, 3.05) is 0 Å². The molecular formula is C12H15ClN2OS. The average Bonchev–Trinajstić information content (AvgIpc) is 2.82. The first kappa shape index (κ1) is 12.6. The molecule has 1 N–H and O–H groups in total. The molecule has 92 valence electrons. The van der Waals surface area contributed by atoms with Crippen LogP contribution in [0.25, 0.3) is 10.8 Å². The molecule has 0 spiro atoms. The van der Waals surface area contributed by atoms with Crippen LogP contribution in [0.1, 0.15) is 19.0 Å². The van der Waals surface area contributed by atoms with Crippen molar-refractivity contribution in [3.8, 4) is 10.8 Å². The lowest BCUT2D eigenvalue weighted by molar-refractivity contribution is 0.581. The first-order valence-corrected chi connectivity index (χ1v) is 6.42. The minimum absolute atomic E-state index is 0. The van der Waals surface area contributed by atoms with E-state index in [9.17, 15) is 0 Å². The van der Waals surface area contributed by atoms with Crippen LogP contribution in [0.3, 0.4) is 0 Å². The third-order valence-corrected chi connectivity index (χ3v) is 3.84. The van der Waals surface area contributed by atoms with E-state index in [1.54, 1.807) is 17.6 Å². The number of thiazole rings is 1. The van der Waals surface area contributed by atoms with Gasteiger partial charge in [-0.2, -0.15) is 0 Å². The van der Waals surface area contributed by atoms with Crippen LogP contribution in [0.2, 0.25) is 0 Å². The lowest BCUT2D eigenvalue weighted by Crippen LogP contribution is -2.17. The lowest BCUT2D eigenvalue weighted by atomic mass is 10.4. The van der Waals surface area contributed by atoms with Gasteiger partial charge in [-0.15, -0.1) is 23.7 Å². The molecule has 2 heterocycles. The first-order chi connectivity index (χ1) is 7.83. The van der Waals surface area contributed by atoms with Gasteiger partial charge in [-0.1, -0.05) is 6.92 Å². The molecule has 0 aromatic carbocycles. The summed E-state index contributed by atoms with van der Waals surface area (Å²) in [4.78, 5) is 4.54. The molecule has 0 amide bonds. The van der Waals surface area contributed by atoms with Crippen molar-refractivity contribution in [3.05, 3.63) is 29.5 Å². The maximum Gasteiger partial charge on any atom is 0.162 e. The quantitative estimate of drug-likeness (QED) is 0.926. The van der Waals surface area contributed by atoms with Gasteiger partial charge in [-0.3, -0.25) is 0 Å². The molecule has 3 rings (SSSR count). The van der Waals surface area contributed by atoms with Crippen LogP contribution in [-0.2, 0) is 6.54 Å². The predicted molar refractivity (Wildman–Crippen MR) is 71.5 cm³/mol. The molecule has 1 fully saturated rings. The highest BCUT2D eigenvalue weighted by Crippen LogP contribution is 2.29. The molecule has 0 radical (unpaired) electrons. The van der Waals surface area contributed by atoms with Crippen molar-refractivity contribution < 1.29 is 4.42 Å². The molecular weight excluding hydrogens is 256 g/mol. The summed E-state index contributed by atoms with van der Waals surface area (Å²) in [6, 6.07) is 4.54. The second-order valence-corrected chi connectivity index (χ2v) is 5.18. The fourth-order valence-electron chi connectivity index (χ4n) is 1.74. The number of nitrogens with zero attached hydrogens (tertiary/aromatic N) is 1. The maximum atomic E-state index is 5.32. The van der Waals surface area contributed by atoms with E-state index in [2.05, 4.69) is 22.6 Å². The van der Waals surface area contributed by atoms with Crippen LogP contribution in [0.4, 0.5) is 0 Å². The SMILES string of the molecule is CC1CC1NCc1csc(-c2ccco2)n1.Cl. The second kappa shape index (κ2) is 5.21. The summed E-state index contributed by atoms with van der Waals surface area (Å²) < 4.78 is 5.32. The lowest BCUT2D eigenvalue weighted by Gasteiger charge is -1.98. The molecule has 2 aromatic rings. The van der Waals surface area contributed by atoms with E-state index < -0.39 is 0 Å². The Hall–Kier alpha value is -0.840. The predicted octanol–water partition coefficient (Wildman–Crippen LogP) is 3.32. The van der Waals surface area contributed by atoms with Crippen LogP contribution in [0.15, 0.2) is 28.2 Å². The van der Waals surface area contributed by atoms with E-state index in [4.69, 9.17) is 4.42 Å². The van der Waals surface area contributed by atoms with Gasteiger partial charge in [0.1, 0.15) is 0 Å². The Morgan fingerprint density at radius 3 is 3.06 bits per heavy atom. The van der Waals surface area contributed by atoms with Crippen LogP contribution in [0.5, 0.6) is 0 Å². The summed E-state index contributed by atoms with van der Waals surface area (Å²) in [6.45, 7) is 3.14. The van der Waals surface area contributed by atoms with E-state index in [1.165, 1.54) is 6.42 Å². The molecule has 2 unspecified atom stereocenters. The zero-order valence-corrected chi connectivity index (χ0v) is 11.2. The number of aromatic nitrogens is 1. The van der Waals surface area contributed by atoms with Crippen molar-refractivity contribution in [1.29, 1.82) is 0 Å². The number of nitrogens with one attached hydrogen (secondary N) is 1. The highest BCUT2D eigenvalue weighted by Gasteiger charge is 2.31. The molecule has 5 heteroatoms. The van der Waals surface area contributed by atoms with Crippen LogP contribution in [0, 0.1) is 5.92 Å². The van der Waals surface area contributed by atoms with Crippen molar-refractivity contribution in [3.63, 3.8) is 0 Å². The van der Waals surface area contributed by atoms with Gasteiger partial charge in [0.2, 0.25) is 0 Å². The van der Waals surface area contributed by atoms with Crippen molar-refractivity contribution in [2.24, 2.45) is 5.92 Å². The van der Waals surface area contributed by atoms with E-state index in [0.29, 0.717) is 6.04 Å². The van der Waals surface area contributed by atoms with Gasteiger partial charge in [-0.25, -0.2) is 4.98 Å². The second-order valence-electron chi connectivity index (χ2n) is 4.32. The number of hydrogen-bond donors (Lipinski definition) is 1. The van der Waals surface area contributed by atoms with Crippen LogP contribution in [-0.4, -0.2) is 11.0 Å². The number of furan rings is 1. The van der Waals surface area contributed by atoms with Crippen LogP contribution >= 0.6 is 23.7 Å². The highest BCUT2D eigenvalue weighted by molar-refractivity contribution is 7.13. The zero-order valence-electron chi connectivity index (χ0n) is 9.55. The molecule has 1 aliphatic carbocycles. The molecule has 2 atom stereocenters. The normalized spacial score (nSPS) is 22.2. The average molecular weight is 271 g/mol. The standard InChI is InChI=1S/C12H14N2OS.ClH/c1-8-5-10(8)13-6-9-7-16-12(14-9)11-3-2-4-15-11;/h2-4,7-8,10,13H,5-6H2,1H3;1H. The summed E-state index contributed by atoms with van der Waals surface area (Å²) in [7, 11) is 0. The Morgan fingerprint density at radius 1 is 1.59 bits per heavy atom. The van der Waals surface area contributed by atoms with Gasteiger partial charge < -0.3 is 9.73 Å². The van der Waals surface area contributed by atoms with Gasteiger partial charge in [0, 0.05) is 18.0 Å². The zero-order chi connectivity index (χ0) is 11.0. The van der Waals surface area contributed by atoms with Crippen molar-refractivity contribution in [1.82, 2.24) is 10.3 Å². The van der Waals surface area contributed by atoms with E-state index >= 15 is 0 Å². The van der Waals surface area contributed by atoms with Crippen LogP contribution < -0.4 is 5.32 Å². The summed E-state index contributed by atoms with van der Waals surface area (Å²) >= 11 is 1.64. The summed E-state index contributed by atoms with van der Waals surface area (Å²) in [5.41, 5.74) is 1.11. The monoisotopic (exact) mass is 270 g/mol. The smallest absolute Gasteiger partial charge is 0.162 e. The Bertz CT molecular complexity index is 469. The van der Waals surface area contributed by atoms with Gasteiger partial charge in [-0.05, 0) is 24.5 Å². The minimum Gasteiger partial charge on any atom is -0.462 e. The molecule has 17 heavy (non-hydrogen) atoms. The van der Waals surface area contributed by atoms with Gasteiger partial charge in [0.05, 0.1) is 12.0 Å². The number of rotatable bonds is 4. The molecule has 0 saturated heterocycles. The van der Waals surface area contributed by atoms with Crippen molar-refractivity contribution in [2.45, 2.75) is 25.9 Å². The van der Waals surface area contributed by atoms with E-state index in [1.807, 2.05) is 12.1 Å². The summed E-state index contributed by atoms with van der Waals surface area (Å²) in [5.74, 6) is 1.69. The Kier molecular flexibility index (Phi) is 3.86. The first-order valence-electron chi connectivity index (χ1n) is 5.54. The highest BCUT2D eigenvalue weighted by atomic mass is 35.5. The molecule has 0 aliphatic heterocycles. The molecule has 2 aromatic heterocycles. The van der Waals surface area contributed by atoms with Gasteiger partial charge >= 0.3 is 0 Å². The fraction of sp³-hybridized carbons (Fsp3) is 0.417. The Balaban J connectivity index is 0.00000108. The number of halogens is 1. The van der Waals surface area contributed by atoms with Gasteiger partial charge in [0.15, 0.2) is 10.8 Å². The third-order valence-electron chi connectivity index (χ3n) is 2.94. The van der Waals surface area contributed by atoms with Gasteiger partial charge in [0.25, 0.3) is 0 Å². The molecule has 3 nitrogen and oxygen atoms in total. The summed E-state index contributed by atoms with van der Waals surface area (Å²) in [6.07, 6.45) is 2.98. The molecule has 1 aliphatic rings. The maximum absolute atomic E-state index is 5.32. The van der Waals surface area contributed by atoms with Crippen molar-refractivity contribution >= 4 is 23.7 Å². The number of hydrogen-bond acceptors (Lipinski definition) is 4. The third kappa shape index (κ3) is 2.89. The summed E-state index contributed by atoms with van der Waals surface area (Å²) in [5, 5.41) is 6.55. The Morgan fingerprint density at radius 2 is 2.41 bits per heavy atom. The molecule has 1 saturated carbocycles. The topological polar surface area (TPSA) is 38.1 Å². The van der Waals surface area contributed by atoms with E-state index in [0.717, 1.165) is 28.9 Å². The Labute approximate surface area is 111 Å². The van der Waals surface area contributed by atoms with E-state index in [-0.39, 0.29) is 12.4 Å². The largest absolute Gasteiger partial charge is 0.462 e.